The molecule has 1 aliphatic rings. The highest BCUT2D eigenvalue weighted by molar-refractivity contribution is 6.30. The van der Waals surface area contributed by atoms with Crippen LogP contribution in [0.15, 0.2) is 18.2 Å². The third-order valence-corrected chi connectivity index (χ3v) is 2.89. The lowest BCUT2D eigenvalue weighted by Gasteiger charge is -2.26. The van der Waals surface area contributed by atoms with Crippen LogP contribution >= 0.6 is 11.6 Å². The molecule has 1 N–H and O–H groups in total. The first-order valence-electron chi connectivity index (χ1n) is 5.35. The second-order valence-corrected chi connectivity index (χ2v) is 4.53. The molecule has 1 aromatic carbocycles. The van der Waals surface area contributed by atoms with Crippen LogP contribution in [0.25, 0.3) is 0 Å². The summed E-state index contributed by atoms with van der Waals surface area (Å²) in [6.07, 6.45) is 0. The van der Waals surface area contributed by atoms with E-state index in [1.165, 1.54) is 4.90 Å². The predicted octanol–water partition coefficient (Wildman–Crippen LogP) is 0.747. The van der Waals surface area contributed by atoms with E-state index in [4.69, 9.17) is 11.6 Å². The van der Waals surface area contributed by atoms with Gasteiger partial charge in [0.05, 0.1) is 0 Å². The lowest BCUT2D eigenvalue weighted by Crippen LogP contribution is -2.53. The highest BCUT2D eigenvalue weighted by atomic mass is 35.5. The molecular weight excluding hydrogens is 256 g/mol. The van der Waals surface area contributed by atoms with Gasteiger partial charge in [0, 0.05) is 10.6 Å². The van der Waals surface area contributed by atoms with Gasteiger partial charge in [-0.2, -0.15) is 0 Å². The third-order valence-electron chi connectivity index (χ3n) is 2.65. The van der Waals surface area contributed by atoms with Crippen LogP contribution in [0, 0.1) is 6.92 Å². The van der Waals surface area contributed by atoms with Crippen LogP contribution in [-0.2, 0) is 9.59 Å². The molecule has 3 amide bonds. The van der Waals surface area contributed by atoms with Crippen molar-refractivity contribution in [2.45, 2.75) is 6.92 Å². The van der Waals surface area contributed by atoms with E-state index >= 15 is 0 Å². The van der Waals surface area contributed by atoms with E-state index in [-0.39, 0.29) is 19.0 Å². The molecule has 1 saturated heterocycles. The van der Waals surface area contributed by atoms with Crippen LogP contribution < -0.4 is 5.32 Å². The van der Waals surface area contributed by atoms with Crippen molar-refractivity contribution in [2.75, 3.05) is 13.1 Å². The number of halogens is 1. The molecule has 94 valence electrons. The summed E-state index contributed by atoms with van der Waals surface area (Å²) in [7, 11) is 0. The Labute approximate surface area is 109 Å². The number of benzene rings is 1. The fourth-order valence-corrected chi connectivity index (χ4v) is 2.04. The number of piperazine rings is 1. The number of carbonyl (C=O) groups excluding carboxylic acids is 3. The Morgan fingerprint density at radius 2 is 1.89 bits per heavy atom. The molecule has 6 heteroatoms. The summed E-state index contributed by atoms with van der Waals surface area (Å²) in [6.45, 7) is 1.55. The van der Waals surface area contributed by atoms with E-state index in [1.54, 1.807) is 25.1 Å². The molecule has 18 heavy (non-hydrogen) atoms. The maximum absolute atomic E-state index is 12.2. The molecule has 0 atom stereocenters. The van der Waals surface area contributed by atoms with E-state index in [0.717, 1.165) is 0 Å². The van der Waals surface area contributed by atoms with Crippen molar-refractivity contribution in [2.24, 2.45) is 0 Å². The summed E-state index contributed by atoms with van der Waals surface area (Å²) >= 11 is 5.81. The number of hydrogen-bond donors (Lipinski definition) is 1. The molecule has 0 bridgehead atoms. The van der Waals surface area contributed by atoms with Gasteiger partial charge in [0.2, 0.25) is 11.8 Å². The summed E-state index contributed by atoms with van der Waals surface area (Å²) in [5, 5.41) is 2.68. The van der Waals surface area contributed by atoms with Crippen molar-refractivity contribution >= 4 is 29.3 Å². The van der Waals surface area contributed by atoms with Crippen LogP contribution in [-0.4, -0.2) is 35.7 Å². The van der Waals surface area contributed by atoms with E-state index in [0.29, 0.717) is 16.1 Å². The average molecular weight is 267 g/mol. The molecule has 5 nitrogen and oxygen atoms in total. The summed E-state index contributed by atoms with van der Waals surface area (Å²) in [5.74, 6) is -1.27. The topological polar surface area (TPSA) is 66.5 Å². The van der Waals surface area contributed by atoms with Gasteiger partial charge in [-0.3, -0.25) is 19.7 Å². The van der Waals surface area contributed by atoms with Crippen LogP contribution in [0.5, 0.6) is 0 Å². The van der Waals surface area contributed by atoms with Crippen LogP contribution in [0.3, 0.4) is 0 Å². The van der Waals surface area contributed by atoms with E-state index < -0.39 is 11.8 Å². The highest BCUT2D eigenvalue weighted by Gasteiger charge is 2.27. The van der Waals surface area contributed by atoms with E-state index in [2.05, 4.69) is 5.32 Å². The lowest BCUT2D eigenvalue weighted by atomic mass is 10.1. The van der Waals surface area contributed by atoms with Crippen molar-refractivity contribution in [3.8, 4) is 0 Å². The van der Waals surface area contributed by atoms with Gasteiger partial charge in [0.25, 0.3) is 5.91 Å². The number of aryl methyl sites for hydroxylation is 1. The molecule has 1 aliphatic heterocycles. The van der Waals surface area contributed by atoms with Gasteiger partial charge in [0.1, 0.15) is 13.1 Å². The van der Waals surface area contributed by atoms with Crippen molar-refractivity contribution in [3.63, 3.8) is 0 Å². The number of rotatable bonds is 1. The second-order valence-electron chi connectivity index (χ2n) is 4.09. The van der Waals surface area contributed by atoms with Gasteiger partial charge in [-0.25, -0.2) is 0 Å². The zero-order valence-corrected chi connectivity index (χ0v) is 10.5. The molecular formula is C12H11ClN2O3. The Morgan fingerprint density at radius 3 is 2.44 bits per heavy atom. The minimum Gasteiger partial charge on any atom is -0.320 e. The standard InChI is InChI=1S/C12H11ClN2O3/c1-7-4-8(13)2-3-9(7)12(18)15-5-10(16)14-11(17)6-15/h2-4H,5-6H2,1H3,(H,14,16,17). The predicted molar refractivity (Wildman–Crippen MR) is 65.2 cm³/mol. The highest BCUT2D eigenvalue weighted by Crippen LogP contribution is 2.17. The first kappa shape index (κ1) is 12.6. The molecule has 0 unspecified atom stereocenters. The minimum atomic E-state index is -0.466. The minimum absolute atomic E-state index is 0.105. The number of carbonyl (C=O) groups is 3. The monoisotopic (exact) mass is 266 g/mol. The molecule has 1 aromatic rings. The smallest absolute Gasteiger partial charge is 0.255 e. The molecule has 1 fully saturated rings. The van der Waals surface area contributed by atoms with Crippen molar-refractivity contribution in [1.82, 2.24) is 10.2 Å². The second kappa shape index (κ2) is 4.78. The Balaban J connectivity index is 2.25. The Bertz CT molecular complexity index is 526. The molecule has 0 radical (unpaired) electrons. The molecule has 2 rings (SSSR count). The SMILES string of the molecule is Cc1cc(Cl)ccc1C(=O)N1CC(=O)NC(=O)C1. The van der Waals surface area contributed by atoms with Crippen molar-refractivity contribution in [1.29, 1.82) is 0 Å². The lowest BCUT2D eigenvalue weighted by molar-refractivity contribution is -0.135. The van der Waals surface area contributed by atoms with Crippen LogP contribution in [0.1, 0.15) is 15.9 Å². The number of hydrogen-bond acceptors (Lipinski definition) is 3. The zero-order chi connectivity index (χ0) is 13.3. The van der Waals surface area contributed by atoms with Crippen molar-refractivity contribution in [3.05, 3.63) is 34.3 Å². The Morgan fingerprint density at radius 1 is 1.28 bits per heavy atom. The number of nitrogens with zero attached hydrogens (tertiary/aromatic N) is 1. The summed E-state index contributed by atoms with van der Waals surface area (Å²) in [4.78, 5) is 35.8. The van der Waals surface area contributed by atoms with Crippen LogP contribution in [0.2, 0.25) is 5.02 Å². The normalized spacial score (nSPS) is 15.6. The summed E-state index contributed by atoms with van der Waals surface area (Å²) < 4.78 is 0. The summed E-state index contributed by atoms with van der Waals surface area (Å²) in [6, 6.07) is 4.87. The van der Waals surface area contributed by atoms with E-state index in [9.17, 15) is 14.4 Å². The third kappa shape index (κ3) is 2.51. The van der Waals surface area contributed by atoms with Gasteiger partial charge in [0.15, 0.2) is 0 Å². The molecule has 0 aromatic heterocycles. The Hall–Kier alpha value is -1.88. The molecule has 1 heterocycles. The van der Waals surface area contributed by atoms with Gasteiger partial charge in [-0.1, -0.05) is 11.6 Å². The molecule has 0 saturated carbocycles. The van der Waals surface area contributed by atoms with Crippen LogP contribution in [0.4, 0.5) is 0 Å². The van der Waals surface area contributed by atoms with Gasteiger partial charge in [-0.05, 0) is 30.7 Å². The van der Waals surface area contributed by atoms with E-state index in [1.807, 2.05) is 0 Å². The maximum atomic E-state index is 12.2. The van der Waals surface area contributed by atoms with Gasteiger partial charge < -0.3 is 4.90 Å². The summed E-state index contributed by atoms with van der Waals surface area (Å²) in [5.41, 5.74) is 1.16. The quantitative estimate of drug-likeness (QED) is 0.763. The number of imide groups is 1. The molecule has 0 spiro atoms. The molecule has 0 aliphatic carbocycles. The van der Waals surface area contributed by atoms with Crippen molar-refractivity contribution < 1.29 is 14.4 Å². The largest absolute Gasteiger partial charge is 0.320 e. The Kier molecular flexibility index (Phi) is 3.34. The first-order valence-corrected chi connectivity index (χ1v) is 5.73. The number of amides is 3. The maximum Gasteiger partial charge on any atom is 0.255 e. The van der Waals surface area contributed by atoms with Gasteiger partial charge >= 0.3 is 0 Å². The number of nitrogens with one attached hydrogen (secondary N) is 1. The zero-order valence-electron chi connectivity index (χ0n) is 9.70. The van der Waals surface area contributed by atoms with Gasteiger partial charge in [-0.15, -0.1) is 0 Å². The fourth-order valence-electron chi connectivity index (χ4n) is 1.82. The first-order chi connectivity index (χ1) is 8.47. The average Bonchev–Trinajstić information content (AvgIpc) is 2.26. The fraction of sp³-hybridized carbons (Fsp3) is 0.250.